The largest absolute Gasteiger partial charge is 0.396 e. The molecule has 4 atom stereocenters. The zero-order chi connectivity index (χ0) is 13.8. The van der Waals surface area contributed by atoms with Crippen LogP contribution in [0, 0.1) is 23.7 Å². The van der Waals surface area contributed by atoms with E-state index < -0.39 is 0 Å². The van der Waals surface area contributed by atoms with E-state index in [1.54, 1.807) is 0 Å². The van der Waals surface area contributed by atoms with Crippen molar-refractivity contribution in [1.29, 1.82) is 0 Å². The Morgan fingerprint density at radius 2 is 1.84 bits per heavy atom. The highest BCUT2D eigenvalue weighted by Crippen LogP contribution is 2.34. The minimum Gasteiger partial charge on any atom is -0.396 e. The van der Waals surface area contributed by atoms with Crippen molar-refractivity contribution in [3.63, 3.8) is 0 Å². The van der Waals surface area contributed by atoms with E-state index in [2.05, 4.69) is 31.1 Å². The minimum absolute atomic E-state index is 0.379. The van der Waals surface area contributed by atoms with Crippen molar-refractivity contribution in [1.82, 2.24) is 10.2 Å². The van der Waals surface area contributed by atoms with Crippen molar-refractivity contribution < 1.29 is 5.11 Å². The van der Waals surface area contributed by atoms with E-state index in [-0.39, 0.29) is 0 Å². The van der Waals surface area contributed by atoms with E-state index in [9.17, 15) is 5.11 Å². The maximum Gasteiger partial charge on any atom is 0.0460 e. The SMILES string of the molecule is CNC1CC(C)CC(C)C1CN1CCC(CO)CC1. The van der Waals surface area contributed by atoms with Crippen LogP contribution in [0.15, 0.2) is 0 Å². The summed E-state index contributed by atoms with van der Waals surface area (Å²) < 4.78 is 0. The van der Waals surface area contributed by atoms with Gasteiger partial charge in [0.2, 0.25) is 0 Å². The highest BCUT2D eigenvalue weighted by Gasteiger charge is 2.34. The van der Waals surface area contributed by atoms with Gasteiger partial charge in [-0.3, -0.25) is 0 Å². The van der Waals surface area contributed by atoms with Crippen LogP contribution in [0.2, 0.25) is 0 Å². The Balaban J connectivity index is 1.86. The number of rotatable bonds is 4. The van der Waals surface area contributed by atoms with Crippen molar-refractivity contribution in [2.75, 3.05) is 33.3 Å². The Morgan fingerprint density at radius 1 is 1.16 bits per heavy atom. The lowest BCUT2D eigenvalue weighted by atomic mass is 9.72. The van der Waals surface area contributed by atoms with Gasteiger partial charge in [-0.05, 0) is 69.5 Å². The molecule has 1 saturated heterocycles. The summed E-state index contributed by atoms with van der Waals surface area (Å²) in [4.78, 5) is 2.63. The molecule has 1 heterocycles. The molecule has 3 nitrogen and oxygen atoms in total. The van der Waals surface area contributed by atoms with Crippen LogP contribution in [0.4, 0.5) is 0 Å². The number of hydrogen-bond donors (Lipinski definition) is 2. The monoisotopic (exact) mass is 268 g/mol. The third-order valence-electron chi connectivity index (χ3n) is 5.48. The van der Waals surface area contributed by atoms with Gasteiger partial charge < -0.3 is 15.3 Å². The Kier molecular flexibility index (Phi) is 5.67. The van der Waals surface area contributed by atoms with Gasteiger partial charge >= 0.3 is 0 Å². The number of likely N-dealkylation sites (tertiary alicyclic amines) is 1. The summed E-state index contributed by atoms with van der Waals surface area (Å²) in [5, 5.41) is 12.8. The second-order valence-corrected chi connectivity index (χ2v) is 7.04. The average Bonchev–Trinajstić information content (AvgIpc) is 2.42. The van der Waals surface area contributed by atoms with Crippen LogP contribution in [-0.2, 0) is 0 Å². The molecule has 1 aliphatic carbocycles. The van der Waals surface area contributed by atoms with Crippen LogP contribution in [0.25, 0.3) is 0 Å². The molecular weight excluding hydrogens is 236 g/mol. The third-order valence-corrected chi connectivity index (χ3v) is 5.48. The molecule has 4 unspecified atom stereocenters. The second kappa shape index (κ2) is 7.05. The molecule has 112 valence electrons. The molecule has 2 aliphatic rings. The van der Waals surface area contributed by atoms with Gasteiger partial charge in [-0.25, -0.2) is 0 Å². The summed E-state index contributed by atoms with van der Waals surface area (Å²) in [5.74, 6) is 3.05. The van der Waals surface area contributed by atoms with E-state index in [0.717, 1.165) is 17.8 Å². The van der Waals surface area contributed by atoms with Crippen LogP contribution in [0.3, 0.4) is 0 Å². The lowest BCUT2D eigenvalue weighted by Crippen LogP contribution is -2.49. The molecule has 2 fully saturated rings. The molecule has 3 heteroatoms. The van der Waals surface area contributed by atoms with Crippen molar-refractivity contribution in [3.05, 3.63) is 0 Å². The van der Waals surface area contributed by atoms with Gasteiger partial charge in [-0.15, -0.1) is 0 Å². The molecule has 0 aromatic rings. The molecule has 1 saturated carbocycles. The van der Waals surface area contributed by atoms with Gasteiger partial charge in [-0.1, -0.05) is 13.8 Å². The molecular formula is C16H32N2O. The van der Waals surface area contributed by atoms with Gasteiger partial charge in [0.1, 0.15) is 0 Å². The normalized spacial score (nSPS) is 38.5. The highest BCUT2D eigenvalue weighted by atomic mass is 16.3. The summed E-state index contributed by atoms with van der Waals surface area (Å²) in [6.45, 7) is 8.82. The third kappa shape index (κ3) is 3.93. The molecule has 0 amide bonds. The van der Waals surface area contributed by atoms with Crippen molar-refractivity contribution >= 4 is 0 Å². The number of aliphatic hydroxyl groups excluding tert-OH is 1. The van der Waals surface area contributed by atoms with Crippen LogP contribution < -0.4 is 5.32 Å². The van der Waals surface area contributed by atoms with Crippen LogP contribution >= 0.6 is 0 Å². The minimum atomic E-state index is 0.379. The second-order valence-electron chi connectivity index (χ2n) is 7.04. The van der Waals surface area contributed by atoms with E-state index in [4.69, 9.17) is 0 Å². The first-order valence-electron chi connectivity index (χ1n) is 8.14. The number of aliphatic hydroxyl groups is 1. The van der Waals surface area contributed by atoms with Crippen molar-refractivity contribution in [2.45, 2.75) is 45.6 Å². The van der Waals surface area contributed by atoms with E-state index in [1.807, 2.05) is 0 Å². The number of nitrogens with zero attached hydrogens (tertiary/aromatic N) is 1. The van der Waals surface area contributed by atoms with E-state index in [0.29, 0.717) is 18.6 Å². The van der Waals surface area contributed by atoms with E-state index in [1.165, 1.54) is 45.3 Å². The fraction of sp³-hybridized carbons (Fsp3) is 1.00. The highest BCUT2D eigenvalue weighted by molar-refractivity contribution is 4.89. The Labute approximate surface area is 118 Å². The summed E-state index contributed by atoms with van der Waals surface area (Å²) in [6, 6.07) is 0.689. The lowest BCUT2D eigenvalue weighted by Gasteiger charge is -2.43. The van der Waals surface area contributed by atoms with Gasteiger partial charge in [0.05, 0.1) is 0 Å². The summed E-state index contributed by atoms with van der Waals surface area (Å²) in [7, 11) is 2.13. The molecule has 0 bridgehead atoms. The average molecular weight is 268 g/mol. The number of nitrogens with one attached hydrogen (secondary N) is 1. The van der Waals surface area contributed by atoms with Crippen LogP contribution in [0.5, 0.6) is 0 Å². The standard InChI is InChI=1S/C16H32N2O/c1-12-8-13(2)15(16(9-12)17-3)10-18-6-4-14(11-19)5-7-18/h12-17,19H,4-11H2,1-3H3. The van der Waals surface area contributed by atoms with Gasteiger partial charge in [0.15, 0.2) is 0 Å². The van der Waals surface area contributed by atoms with Gasteiger partial charge in [0.25, 0.3) is 0 Å². The first kappa shape index (κ1) is 15.3. The Morgan fingerprint density at radius 3 is 2.42 bits per heavy atom. The molecule has 0 aromatic heterocycles. The molecule has 1 aliphatic heterocycles. The maximum absolute atomic E-state index is 9.22. The van der Waals surface area contributed by atoms with Crippen LogP contribution in [0.1, 0.15) is 39.5 Å². The van der Waals surface area contributed by atoms with Crippen LogP contribution in [-0.4, -0.2) is 49.3 Å². The summed E-state index contributed by atoms with van der Waals surface area (Å²) in [6.07, 6.45) is 5.07. The predicted molar refractivity (Wildman–Crippen MR) is 80.1 cm³/mol. The first-order valence-corrected chi connectivity index (χ1v) is 8.14. The van der Waals surface area contributed by atoms with Gasteiger partial charge in [-0.2, -0.15) is 0 Å². The predicted octanol–water partition coefficient (Wildman–Crippen LogP) is 1.96. The number of hydrogen-bond acceptors (Lipinski definition) is 3. The maximum atomic E-state index is 9.22. The fourth-order valence-corrected chi connectivity index (χ4v) is 4.20. The molecule has 0 radical (unpaired) electrons. The molecule has 2 rings (SSSR count). The number of piperidine rings is 1. The molecule has 0 aromatic carbocycles. The smallest absolute Gasteiger partial charge is 0.0460 e. The topological polar surface area (TPSA) is 35.5 Å². The first-order chi connectivity index (χ1) is 9.13. The summed E-state index contributed by atoms with van der Waals surface area (Å²) in [5.41, 5.74) is 0. The van der Waals surface area contributed by atoms with Crippen molar-refractivity contribution in [3.8, 4) is 0 Å². The zero-order valence-electron chi connectivity index (χ0n) is 12.9. The van der Waals surface area contributed by atoms with E-state index >= 15 is 0 Å². The quantitative estimate of drug-likeness (QED) is 0.818. The molecule has 2 N–H and O–H groups in total. The molecule has 19 heavy (non-hydrogen) atoms. The van der Waals surface area contributed by atoms with Crippen molar-refractivity contribution in [2.24, 2.45) is 23.7 Å². The fourth-order valence-electron chi connectivity index (χ4n) is 4.20. The lowest BCUT2D eigenvalue weighted by molar-refractivity contribution is 0.0735. The zero-order valence-corrected chi connectivity index (χ0v) is 12.9. The Hall–Kier alpha value is -0.120. The van der Waals surface area contributed by atoms with Gasteiger partial charge in [0, 0.05) is 19.2 Å². The summed E-state index contributed by atoms with van der Waals surface area (Å²) >= 11 is 0. The Bertz CT molecular complexity index is 263. The molecule has 0 spiro atoms.